The van der Waals surface area contributed by atoms with Crippen LogP contribution >= 0.6 is 0 Å². The molecule has 0 bridgehead atoms. The van der Waals surface area contributed by atoms with Gasteiger partial charge in [-0.3, -0.25) is 0 Å². The van der Waals surface area contributed by atoms with E-state index in [1.165, 1.54) is 44.9 Å². The fraction of sp³-hybridized carbons (Fsp3) is 1.00. The lowest BCUT2D eigenvalue weighted by Crippen LogP contribution is -2.51. The molecule has 0 spiro atoms. The summed E-state index contributed by atoms with van der Waals surface area (Å²) in [5.74, 6) is 1.18. The molecule has 17 heavy (non-hydrogen) atoms. The SMILES string of the molecule is COC1(C(O)C2CCCCC2)CCCC(C)C1. The third-order valence-electron chi connectivity index (χ3n) is 5.03. The molecule has 0 aliphatic heterocycles. The van der Waals surface area contributed by atoms with E-state index in [0.717, 1.165) is 12.8 Å². The molecule has 2 aliphatic rings. The fourth-order valence-corrected chi connectivity index (χ4v) is 4.00. The molecule has 0 aromatic carbocycles. The van der Waals surface area contributed by atoms with Gasteiger partial charge in [0.25, 0.3) is 0 Å². The first kappa shape index (κ1) is 13.4. The molecule has 3 atom stereocenters. The maximum atomic E-state index is 10.7. The van der Waals surface area contributed by atoms with Crippen molar-refractivity contribution in [3.05, 3.63) is 0 Å². The van der Waals surface area contributed by atoms with Crippen LogP contribution in [0.2, 0.25) is 0 Å². The molecule has 2 aliphatic carbocycles. The Morgan fingerprint density at radius 1 is 1.12 bits per heavy atom. The average molecular weight is 240 g/mol. The highest BCUT2D eigenvalue weighted by molar-refractivity contribution is 4.96. The molecule has 2 fully saturated rings. The van der Waals surface area contributed by atoms with E-state index in [1.807, 2.05) is 0 Å². The van der Waals surface area contributed by atoms with Gasteiger partial charge < -0.3 is 9.84 Å². The Morgan fingerprint density at radius 2 is 1.82 bits per heavy atom. The standard InChI is InChI=1S/C15H28O2/c1-12-7-6-10-15(11-12,17-2)14(16)13-8-4-3-5-9-13/h12-14,16H,3-11H2,1-2H3. The van der Waals surface area contributed by atoms with Gasteiger partial charge in [0.15, 0.2) is 0 Å². The lowest BCUT2D eigenvalue weighted by atomic mass is 9.70. The Labute approximate surface area is 106 Å². The van der Waals surface area contributed by atoms with Crippen molar-refractivity contribution in [3.63, 3.8) is 0 Å². The minimum atomic E-state index is -0.240. The molecule has 2 heteroatoms. The second kappa shape index (κ2) is 5.71. The van der Waals surface area contributed by atoms with Gasteiger partial charge in [0.05, 0.1) is 11.7 Å². The molecule has 100 valence electrons. The summed E-state index contributed by atoms with van der Waals surface area (Å²) < 4.78 is 5.81. The van der Waals surface area contributed by atoms with Gasteiger partial charge in [-0.2, -0.15) is 0 Å². The Hall–Kier alpha value is -0.0800. The number of aliphatic hydroxyl groups excluding tert-OH is 1. The van der Waals surface area contributed by atoms with Crippen LogP contribution in [0.3, 0.4) is 0 Å². The van der Waals surface area contributed by atoms with Crippen LogP contribution in [0.1, 0.15) is 64.7 Å². The molecule has 0 aromatic rings. The summed E-state index contributed by atoms with van der Waals surface area (Å²) in [4.78, 5) is 0. The Kier molecular flexibility index (Phi) is 4.48. The minimum Gasteiger partial charge on any atom is -0.390 e. The maximum absolute atomic E-state index is 10.7. The molecule has 2 rings (SSSR count). The van der Waals surface area contributed by atoms with Crippen LogP contribution in [-0.4, -0.2) is 23.9 Å². The molecule has 0 radical (unpaired) electrons. The summed E-state index contributed by atoms with van der Waals surface area (Å²) >= 11 is 0. The smallest absolute Gasteiger partial charge is 0.0941 e. The zero-order chi connectivity index (χ0) is 12.3. The van der Waals surface area contributed by atoms with E-state index in [0.29, 0.717) is 11.8 Å². The summed E-state index contributed by atoms with van der Waals surface area (Å²) in [6.07, 6.45) is 10.7. The van der Waals surface area contributed by atoms with E-state index in [1.54, 1.807) is 7.11 Å². The van der Waals surface area contributed by atoms with Gasteiger partial charge in [-0.1, -0.05) is 39.0 Å². The first-order valence-corrected chi connectivity index (χ1v) is 7.41. The van der Waals surface area contributed by atoms with Gasteiger partial charge in [-0.25, -0.2) is 0 Å². The van der Waals surface area contributed by atoms with E-state index in [9.17, 15) is 5.11 Å². The molecule has 1 N–H and O–H groups in total. The normalized spacial score (nSPS) is 37.9. The summed E-state index contributed by atoms with van der Waals surface area (Å²) in [5.41, 5.74) is -0.236. The van der Waals surface area contributed by atoms with Gasteiger partial charge in [0.1, 0.15) is 0 Å². The molecular weight excluding hydrogens is 212 g/mol. The Balaban J connectivity index is 2.04. The zero-order valence-electron chi connectivity index (χ0n) is 11.5. The predicted molar refractivity (Wildman–Crippen MR) is 70.0 cm³/mol. The maximum Gasteiger partial charge on any atom is 0.0941 e. The number of ether oxygens (including phenoxy) is 1. The second-order valence-corrected chi connectivity index (χ2v) is 6.31. The average Bonchev–Trinajstić information content (AvgIpc) is 2.38. The largest absolute Gasteiger partial charge is 0.390 e. The molecule has 0 aromatic heterocycles. The van der Waals surface area contributed by atoms with Gasteiger partial charge in [-0.05, 0) is 37.5 Å². The molecule has 2 nitrogen and oxygen atoms in total. The monoisotopic (exact) mass is 240 g/mol. The van der Waals surface area contributed by atoms with Crippen LogP contribution in [0, 0.1) is 11.8 Å². The van der Waals surface area contributed by atoms with Crippen molar-refractivity contribution < 1.29 is 9.84 Å². The minimum absolute atomic E-state index is 0.236. The zero-order valence-corrected chi connectivity index (χ0v) is 11.5. The number of hydrogen-bond donors (Lipinski definition) is 1. The molecular formula is C15H28O2. The van der Waals surface area contributed by atoms with Crippen molar-refractivity contribution in [2.45, 2.75) is 76.4 Å². The molecule has 3 unspecified atom stereocenters. The van der Waals surface area contributed by atoms with Crippen LogP contribution in [0.4, 0.5) is 0 Å². The quantitative estimate of drug-likeness (QED) is 0.818. The molecule has 0 heterocycles. The topological polar surface area (TPSA) is 29.5 Å². The predicted octanol–water partition coefficient (Wildman–Crippen LogP) is 3.52. The molecule has 2 saturated carbocycles. The van der Waals surface area contributed by atoms with Crippen molar-refractivity contribution in [3.8, 4) is 0 Å². The van der Waals surface area contributed by atoms with E-state index >= 15 is 0 Å². The highest BCUT2D eigenvalue weighted by Gasteiger charge is 2.44. The van der Waals surface area contributed by atoms with Crippen LogP contribution in [0.25, 0.3) is 0 Å². The Bertz CT molecular complexity index is 235. The van der Waals surface area contributed by atoms with E-state index in [4.69, 9.17) is 4.74 Å². The number of rotatable bonds is 3. The third kappa shape index (κ3) is 2.85. The second-order valence-electron chi connectivity index (χ2n) is 6.31. The summed E-state index contributed by atoms with van der Waals surface area (Å²) in [6, 6.07) is 0. The third-order valence-corrected chi connectivity index (χ3v) is 5.03. The van der Waals surface area contributed by atoms with Crippen LogP contribution in [0.15, 0.2) is 0 Å². The van der Waals surface area contributed by atoms with Crippen molar-refractivity contribution in [1.82, 2.24) is 0 Å². The van der Waals surface area contributed by atoms with Crippen molar-refractivity contribution in [2.24, 2.45) is 11.8 Å². The van der Waals surface area contributed by atoms with E-state index in [-0.39, 0.29) is 11.7 Å². The molecule has 0 saturated heterocycles. The molecule has 0 amide bonds. The van der Waals surface area contributed by atoms with Gasteiger partial charge in [0.2, 0.25) is 0 Å². The lowest BCUT2D eigenvalue weighted by molar-refractivity contribution is -0.153. The first-order chi connectivity index (χ1) is 8.18. The van der Waals surface area contributed by atoms with Gasteiger partial charge in [0, 0.05) is 7.11 Å². The summed E-state index contributed by atoms with van der Waals surface area (Å²) in [5, 5.41) is 10.7. The fourth-order valence-electron chi connectivity index (χ4n) is 4.00. The number of hydrogen-bond acceptors (Lipinski definition) is 2. The highest BCUT2D eigenvalue weighted by atomic mass is 16.5. The lowest BCUT2D eigenvalue weighted by Gasteiger charge is -2.45. The van der Waals surface area contributed by atoms with Gasteiger partial charge in [-0.15, -0.1) is 0 Å². The van der Waals surface area contributed by atoms with E-state index < -0.39 is 0 Å². The summed E-state index contributed by atoms with van der Waals surface area (Å²) in [7, 11) is 1.80. The van der Waals surface area contributed by atoms with Crippen molar-refractivity contribution >= 4 is 0 Å². The van der Waals surface area contributed by atoms with Crippen LogP contribution < -0.4 is 0 Å². The van der Waals surface area contributed by atoms with Crippen molar-refractivity contribution in [2.75, 3.05) is 7.11 Å². The highest BCUT2D eigenvalue weighted by Crippen LogP contribution is 2.42. The Morgan fingerprint density at radius 3 is 2.41 bits per heavy atom. The number of aliphatic hydroxyl groups is 1. The number of methoxy groups -OCH3 is 1. The van der Waals surface area contributed by atoms with Crippen LogP contribution in [-0.2, 0) is 4.74 Å². The van der Waals surface area contributed by atoms with E-state index in [2.05, 4.69) is 6.92 Å². The first-order valence-electron chi connectivity index (χ1n) is 7.41. The van der Waals surface area contributed by atoms with Crippen molar-refractivity contribution in [1.29, 1.82) is 0 Å². The van der Waals surface area contributed by atoms with Crippen LogP contribution in [0.5, 0.6) is 0 Å². The van der Waals surface area contributed by atoms with Gasteiger partial charge >= 0.3 is 0 Å². The summed E-state index contributed by atoms with van der Waals surface area (Å²) in [6.45, 7) is 2.29.